The Kier molecular flexibility index (Phi) is 4.90. The van der Waals surface area contributed by atoms with Crippen molar-refractivity contribution in [3.63, 3.8) is 0 Å². The number of methoxy groups -OCH3 is 1. The predicted octanol–water partition coefficient (Wildman–Crippen LogP) is 3.58. The summed E-state index contributed by atoms with van der Waals surface area (Å²) < 4.78 is 78.9. The highest BCUT2D eigenvalue weighted by Gasteiger charge is 2.34. The summed E-state index contributed by atoms with van der Waals surface area (Å²) in [7, 11) is -3.60. The zero-order valence-electron chi connectivity index (χ0n) is 14.0. The fraction of sp³-hybridized carbons (Fsp3) is 0.118. The van der Waals surface area contributed by atoms with E-state index in [0.29, 0.717) is 6.07 Å². The standard InChI is InChI=1S/C17H11ClF3NO5S/c1-27-15-7-11(17(19,20)21)12(18)8-14(15)22-13-4-3-10(28(24,25)26)6-9(13)2-5-16(22)23/h2-8H,1H3,(H,24,25,26)/p-1. The van der Waals surface area contributed by atoms with Gasteiger partial charge in [0, 0.05) is 11.5 Å². The SMILES string of the molecule is COc1cc(C(F)(F)F)c(Cl)cc1-n1c(=O)ccc2cc(S(=O)(=O)[O-])ccc21. The van der Waals surface area contributed by atoms with Crippen LogP contribution in [0.4, 0.5) is 13.2 Å². The molecule has 11 heteroatoms. The number of ether oxygens (including phenoxy) is 1. The van der Waals surface area contributed by atoms with Gasteiger partial charge in [-0.3, -0.25) is 9.36 Å². The molecule has 0 fully saturated rings. The lowest BCUT2D eigenvalue weighted by Gasteiger charge is -2.18. The second-order valence-corrected chi connectivity index (χ2v) is 7.47. The van der Waals surface area contributed by atoms with Gasteiger partial charge in [-0.1, -0.05) is 11.6 Å². The van der Waals surface area contributed by atoms with E-state index in [-0.39, 0.29) is 22.3 Å². The Morgan fingerprint density at radius 1 is 1.11 bits per heavy atom. The van der Waals surface area contributed by atoms with Crippen LogP contribution in [0.15, 0.2) is 52.2 Å². The number of alkyl halides is 3. The average Bonchev–Trinajstić information content (AvgIpc) is 2.59. The third-order valence-corrected chi connectivity index (χ3v) is 5.11. The molecule has 2 aromatic carbocycles. The number of benzene rings is 2. The third-order valence-electron chi connectivity index (χ3n) is 3.97. The van der Waals surface area contributed by atoms with Crippen molar-refractivity contribution in [2.75, 3.05) is 7.11 Å². The van der Waals surface area contributed by atoms with E-state index < -0.39 is 37.3 Å². The van der Waals surface area contributed by atoms with Crippen molar-refractivity contribution in [1.82, 2.24) is 4.57 Å². The van der Waals surface area contributed by atoms with Crippen LogP contribution in [0.5, 0.6) is 5.75 Å². The van der Waals surface area contributed by atoms with E-state index >= 15 is 0 Å². The number of rotatable bonds is 3. The Labute approximate surface area is 161 Å². The highest BCUT2D eigenvalue weighted by molar-refractivity contribution is 7.85. The molecular weight excluding hydrogens is 423 g/mol. The topological polar surface area (TPSA) is 88.4 Å². The predicted molar refractivity (Wildman–Crippen MR) is 94.1 cm³/mol. The molecule has 0 saturated heterocycles. The number of hydrogen-bond acceptors (Lipinski definition) is 5. The van der Waals surface area contributed by atoms with Crippen molar-refractivity contribution in [2.45, 2.75) is 11.1 Å². The van der Waals surface area contributed by atoms with Crippen LogP contribution < -0.4 is 10.3 Å². The summed E-state index contributed by atoms with van der Waals surface area (Å²) in [5.74, 6) is -0.271. The molecule has 1 aromatic heterocycles. The number of pyridine rings is 1. The van der Waals surface area contributed by atoms with Crippen molar-refractivity contribution in [1.29, 1.82) is 0 Å². The molecule has 0 spiro atoms. The van der Waals surface area contributed by atoms with Gasteiger partial charge < -0.3 is 9.29 Å². The first kappa shape index (κ1) is 20.2. The monoisotopic (exact) mass is 432 g/mol. The molecule has 0 radical (unpaired) electrons. The minimum Gasteiger partial charge on any atom is -0.744 e. The van der Waals surface area contributed by atoms with Crippen molar-refractivity contribution >= 4 is 32.6 Å². The van der Waals surface area contributed by atoms with E-state index in [4.69, 9.17) is 16.3 Å². The van der Waals surface area contributed by atoms with E-state index in [1.54, 1.807) is 0 Å². The van der Waals surface area contributed by atoms with Gasteiger partial charge in [0.15, 0.2) is 0 Å². The second kappa shape index (κ2) is 6.80. The minimum atomic E-state index is -4.73. The Balaban J connectivity index is 2.37. The number of fused-ring (bicyclic) bond motifs is 1. The van der Waals surface area contributed by atoms with Crippen LogP contribution in [0.25, 0.3) is 16.6 Å². The summed E-state index contributed by atoms with van der Waals surface area (Å²) in [6, 6.07) is 7.23. The van der Waals surface area contributed by atoms with Crippen LogP contribution in [0.2, 0.25) is 5.02 Å². The molecule has 0 aliphatic rings. The maximum absolute atomic E-state index is 13.1. The summed E-state index contributed by atoms with van der Waals surface area (Å²) >= 11 is 5.77. The van der Waals surface area contributed by atoms with Gasteiger partial charge in [-0.05, 0) is 36.4 Å². The molecule has 0 N–H and O–H groups in total. The lowest BCUT2D eigenvalue weighted by molar-refractivity contribution is -0.137. The Hall–Kier alpha value is -2.56. The number of halogens is 4. The van der Waals surface area contributed by atoms with Crippen molar-refractivity contribution in [3.8, 4) is 11.4 Å². The zero-order chi connectivity index (χ0) is 20.9. The molecule has 0 bridgehead atoms. The highest BCUT2D eigenvalue weighted by Crippen LogP contribution is 2.40. The van der Waals surface area contributed by atoms with E-state index in [1.807, 2.05) is 0 Å². The van der Waals surface area contributed by atoms with Crippen molar-refractivity contribution in [2.24, 2.45) is 0 Å². The summed E-state index contributed by atoms with van der Waals surface area (Å²) in [5.41, 5.74) is -1.69. The Morgan fingerprint density at radius 3 is 2.36 bits per heavy atom. The van der Waals surface area contributed by atoms with Crippen LogP contribution in [0.1, 0.15) is 5.56 Å². The van der Waals surface area contributed by atoms with Crippen LogP contribution in [0.3, 0.4) is 0 Å². The van der Waals surface area contributed by atoms with Crippen LogP contribution in [-0.2, 0) is 16.3 Å². The quantitative estimate of drug-likeness (QED) is 0.590. The van der Waals surface area contributed by atoms with Gasteiger partial charge >= 0.3 is 6.18 Å². The molecule has 0 unspecified atom stereocenters. The second-order valence-electron chi connectivity index (χ2n) is 5.68. The maximum Gasteiger partial charge on any atom is 0.417 e. The largest absolute Gasteiger partial charge is 0.744 e. The molecule has 0 saturated carbocycles. The van der Waals surface area contributed by atoms with Gasteiger partial charge in [0.25, 0.3) is 5.56 Å². The van der Waals surface area contributed by atoms with E-state index in [1.165, 1.54) is 12.1 Å². The Bertz CT molecular complexity index is 1250. The molecule has 28 heavy (non-hydrogen) atoms. The molecule has 0 atom stereocenters. The van der Waals surface area contributed by atoms with Gasteiger partial charge in [0.1, 0.15) is 15.9 Å². The van der Waals surface area contributed by atoms with Gasteiger partial charge in [-0.25, -0.2) is 8.42 Å². The summed E-state index contributed by atoms with van der Waals surface area (Å²) in [5, 5.41) is -0.444. The molecule has 6 nitrogen and oxygen atoms in total. The van der Waals surface area contributed by atoms with Crippen molar-refractivity contribution in [3.05, 3.63) is 63.4 Å². The van der Waals surface area contributed by atoms with Gasteiger partial charge in [-0.2, -0.15) is 13.2 Å². The molecule has 3 aromatic rings. The first-order valence-corrected chi connectivity index (χ1v) is 9.29. The molecule has 3 rings (SSSR count). The molecule has 0 aliphatic heterocycles. The molecular formula is C17H10ClF3NO5S-. The fourth-order valence-corrected chi connectivity index (χ4v) is 3.50. The normalized spacial score (nSPS) is 12.4. The minimum absolute atomic E-state index is 0.0752. The van der Waals surface area contributed by atoms with Crippen LogP contribution in [-0.4, -0.2) is 24.6 Å². The molecule has 0 amide bonds. The lowest BCUT2D eigenvalue weighted by Crippen LogP contribution is -2.19. The van der Waals surface area contributed by atoms with E-state index in [2.05, 4.69) is 0 Å². The number of aromatic nitrogens is 1. The van der Waals surface area contributed by atoms with Crippen LogP contribution >= 0.6 is 11.6 Å². The summed E-state index contributed by atoms with van der Waals surface area (Å²) in [6.45, 7) is 0. The molecule has 148 valence electrons. The first-order chi connectivity index (χ1) is 12.9. The maximum atomic E-state index is 13.1. The van der Waals surface area contributed by atoms with Gasteiger partial charge in [0.2, 0.25) is 0 Å². The number of nitrogens with zero attached hydrogens (tertiary/aromatic N) is 1. The fourth-order valence-electron chi connectivity index (χ4n) is 2.73. The third kappa shape index (κ3) is 3.58. The van der Waals surface area contributed by atoms with Crippen LogP contribution in [0, 0.1) is 0 Å². The Morgan fingerprint density at radius 2 is 1.79 bits per heavy atom. The van der Waals surface area contributed by atoms with Crippen molar-refractivity contribution < 1.29 is 30.9 Å². The first-order valence-electron chi connectivity index (χ1n) is 7.50. The smallest absolute Gasteiger partial charge is 0.417 e. The molecule has 1 heterocycles. The zero-order valence-corrected chi connectivity index (χ0v) is 15.5. The average molecular weight is 433 g/mol. The lowest BCUT2D eigenvalue weighted by atomic mass is 10.1. The number of hydrogen-bond donors (Lipinski definition) is 0. The van der Waals surface area contributed by atoms with E-state index in [9.17, 15) is 30.9 Å². The van der Waals surface area contributed by atoms with Gasteiger partial charge in [-0.15, -0.1) is 0 Å². The van der Waals surface area contributed by atoms with E-state index in [0.717, 1.165) is 35.9 Å². The summed E-state index contributed by atoms with van der Waals surface area (Å²) in [4.78, 5) is 11.9. The summed E-state index contributed by atoms with van der Waals surface area (Å²) in [6.07, 6.45) is -4.73. The molecule has 0 aliphatic carbocycles. The highest BCUT2D eigenvalue weighted by atomic mass is 35.5. The van der Waals surface area contributed by atoms with Gasteiger partial charge in [0.05, 0.1) is 33.8 Å².